The Morgan fingerprint density at radius 1 is 0.611 bits per heavy atom. The summed E-state index contributed by atoms with van der Waals surface area (Å²) >= 11 is 0. The Morgan fingerprint density at radius 3 is 1.67 bits per heavy atom. The maximum atomic E-state index is 6.00. The fourth-order valence-electron chi connectivity index (χ4n) is 3.22. The number of nitrogens with two attached hydrogens (primary N) is 2. The number of nitrogen functional groups attached to an aromatic ring is 2. The zero-order valence-corrected chi connectivity index (χ0v) is 21.1. The van der Waals surface area contributed by atoms with Crippen molar-refractivity contribution >= 4 is 17.1 Å². The number of nitrogens with zero attached hydrogens (tertiary/aromatic N) is 1. The van der Waals surface area contributed by atoms with E-state index in [1.165, 1.54) is 5.23 Å². The first-order chi connectivity index (χ1) is 17.5. The first-order valence-electron chi connectivity index (χ1n) is 11.7. The third-order valence-electron chi connectivity index (χ3n) is 5.04. The van der Waals surface area contributed by atoms with Crippen LogP contribution in [-0.2, 0) is 14.4 Å². The lowest BCUT2D eigenvalue weighted by molar-refractivity contribution is -0.101. The third-order valence-corrected chi connectivity index (χ3v) is 5.04. The average molecular weight is 498 g/mol. The monoisotopic (exact) mass is 497 g/mol. The number of para-hydroxylation sites is 2. The summed E-state index contributed by atoms with van der Waals surface area (Å²) < 4.78 is 22.5. The van der Waals surface area contributed by atoms with Crippen LogP contribution in [0, 0.1) is 13.8 Å². The van der Waals surface area contributed by atoms with E-state index >= 15 is 0 Å². The van der Waals surface area contributed by atoms with Crippen molar-refractivity contribution in [2.75, 3.05) is 63.4 Å². The van der Waals surface area contributed by atoms with Gasteiger partial charge in [0.25, 0.3) is 0 Å². The van der Waals surface area contributed by atoms with Gasteiger partial charge in [-0.15, -0.1) is 5.23 Å². The number of ether oxygens (including phenoxy) is 4. The summed E-state index contributed by atoms with van der Waals surface area (Å²) in [6, 6.07) is 18.7. The molecule has 0 atom stereocenters. The first-order valence-corrected chi connectivity index (χ1v) is 11.7. The highest BCUT2D eigenvalue weighted by atomic mass is 17.0. The number of hydrogen-bond donors (Lipinski definition) is 2. The second-order valence-electron chi connectivity index (χ2n) is 8.01. The van der Waals surface area contributed by atoms with Crippen LogP contribution in [0.2, 0.25) is 0 Å². The average Bonchev–Trinajstić information content (AvgIpc) is 2.87. The van der Waals surface area contributed by atoms with Gasteiger partial charge in [-0.05, 0) is 61.4 Å². The molecule has 0 saturated heterocycles. The van der Waals surface area contributed by atoms with E-state index in [2.05, 4.69) is 0 Å². The van der Waals surface area contributed by atoms with Crippen molar-refractivity contribution in [3.05, 3.63) is 71.8 Å². The van der Waals surface area contributed by atoms with Gasteiger partial charge in [-0.3, -0.25) is 0 Å². The molecule has 3 aromatic carbocycles. The molecule has 0 aliphatic carbocycles. The highest BCUT2D eigenvalue weighted by Gasteiger charge is 2.15. The van der Waals surface area contributed by atoms with Crippen LogP contribution in [0.3, 0.4) is 0 Å². The molecule has 0 aromatic heterocycles. The van der Waals surface area contributed by atoms with Crippen LogP contribution in [0.25, 0.3) is 0 Å². The highest BCUT2D eigenvalue weighted by Crippen LogP contribution is 2.29. The zero-order valence-electron chi connectivity index (χ0n) is 21.1. The minimum atomic E-state index is 0.200. The summed E-state index contributed by atoms with van der Waals surface area (Å²) in [5.74, 6) is 1.80. The van der Waals surface area contributed by atoms with Crippen LogP contribution in [0.15, 0.2) is 60.7 Å². The Morgan fingerprint density at radius 2 is 1.11 bits per heavy atom. The van der Waals surface area contributed by atoms with E-state index < -0.39 is 0 Å². The van der Waals surface area contributed by atoms with E-state index in [0.717, 1.165) is 11.1 Å². The van der Waals surface area contributed by atoms with Crippen molar-refractivity contribution in [3.8, 4) is 17.2 Å². The predicted molar refractivity (Wildman–Crippen MR) is 140 cm³/mol. The molecule has 0 radical (unpaired) electrons. The molecule has 0 aliphatic rings. The minimum absolute atomic E-state index is 0.200. The summed E-state index contributed by atoms with van der Waals surface area (Å²) in [4.78, 5) is 11.8. The van der Waals surface area contributed by atoms with Crippen molar-refractivity contribution < 1.29 is 28.6 Å². The molecule has 9 heteroatoms. The molecule has 0 heterocycles. The van der Waals surface area contributed by atoms with Gasteiger partial charge in [0.05, 0.1) is 18.0 Å². The maximum Gasteiger partial charge on any atom is 0.147 e. The van der Waals surface area contributed by atoms with E-state index in [1.54, 1.807) is 7.11 Å². The first kappa shape index (κ1) is 26.9. The summed E-state index contributed by atoms with van der Waals surface area (Å²) in [7, 11) is 1.62. The number of benzene rings is 3. The second kappa shape index (κ2) is 14.0. The summed E-state index contributed by atoms with van der Waals surface area (Å²) in [6.45, 7) is 5.71. The fraction of sp³-hybridized carbons (Fsp3) is 0.333. The Bertz CT molecular complexity index is 1040. The van der Waals surface area contributed by atoms with Crippen molar-refractivity contribution in [3.63, 3.8) is 0 Å². The lowest BCUT2D eigenvalue weighted by Gasteiger charge is -2.25. The number of anilines is 3. The van der Waals surface area contributed by atoms with E-state index in [9.17, 15) is 0 Å². The number of methoxy groups -OCH3 is 1. The predicted octanol–water partition coefficient (Wildman–Crippen LogP) is 4.32. The lowest BCUT2D eigenvalue weighted by atomic mass is 10.2. The molecule has 3 rings (SSSR count). The van der Waals surface area contributed by atoms with Gasteiger partial charge >= 0.3 is 0 Å². The van der Waals surface area contributed by atoms with Crippen molar-refractivity contribution in [1.29, 1.82) is 0 Å². The summed E-state index contributed by atoms with van der Waals surface area (Å²) in [5, 5.41) is 1.31. The molecular formula is C27H35N3O6. The molecule has 0 unspecified atom stereocenters. The second-order valence-corrected chi connectivity index (χ2v) is 8.01. The highest BCUT2D eigenvalue weighted by molar-refractivity contribution is 5.56. The van der Waals surface area contributed by atoms with E-state index in [-0.39, 0.29) is 26.4 Å². The van der Waals surface area contributed by atoms with Crippen molar-refractivity contribution in [1.82, 2.24) is 0 Å². The lowest BCUT2D eigenvalue weighted by Crippen LogP contribution is -2.29. The SMILES string of the molecule is COCCOc1ccccc1N(OCCOc1cc(C)ccc1N)OCCOc1cc(C)ccc1N. The molecule has 0 bridgehead atoms. The van der Waals surface area contributed by atoms with E-state index in [0.29, 0.717) is 47.5 Å². The number of aryl methyl sites for hydroxylation is 2. The maximum absolute atomic E-state index is 6.00. The standard InChI is InChI=1S/C27H35N3O6/c1-20-8-10-22(28)26(18-20)33-14-16-35-30(24-6-4-5-7-25(24)32-13-12-31-3)36-17-15-34-27-19-21(2)9-11-23(27)29/h4-11,18-19H,12-17,28-29H2,1-3H3. The molecule has 0 amide bonds. The summed E-state index contributed by atoms with van der Waals surface area (Å²) in [6.07, 6.45) is 0. The summed E-state index contributed by atoms with van der Waals surface area (Å²) in [5.41, 5.74) is 15.8. The molecule has 4 N–H and O–H groups in total. The van der Waals surface area contributed by atoms with Gasteiger partial charge < -0.3 is 30.4 Å². The number of hydrogen-bond acceptors (Lipinski definition) is 9. The Hall–Kier alpha value is -3.66. The van der Waals surface area contributed by atoms with Gasteiger partial charge in [-0.1, -0.05) is 24.3 Å². The Balaban J connectivity index is 1.62. The van der Waals surface area contributed by atoms with E-state index in [4.69, 9.17) is 40.1 Å². The van der Waals surface area contributed by atoms with Gasteiger partial charge in [0.1, 0.15) is 56.0 Å². The van der Waals surface area contributed by atoms with Crippen LogP contribution >= 0.6 is 0 Å². The third kappa shape index (κ3) is 8.23. The smallest absolute Gasteiger partial charge is 0.147 e. The van der Waals surface area contributed by atoms with Gasteiger partial charge in [-0.25, -0.2) is 9.68 Å². The van der Waals surface area contributed by atoms with Crippen LogP contribution in [-0.4, -0.2) is 46.8 Å². The zero-order chi connectivity index (χ0) is 25.8. The van der Waals surface area contributed by atoms with Gasteiger partial charge in [0, 0.05) is 7.11 Å². The van der Waals surface area contributed by atoms with Gasteiger partial charge in [0.2, 0.25) is 0 Å². The normalized spacial score (nSPS) is 10.8. The van der Waals surface area contributed by atoms with Crippen LogP contribution in [0.5, 0.6) is 17.2 Å². The fourth-order valence-corrected chi connectivity index (χ4v) is 3.22. The molecule has 194 valence electrons. The van der Waals surface area contributed by atoms with Crippen LogP contribution < -0.4 is 30.9 Å². The van der Waals surface area contributed by atoms with Gasteiger partial charge in [-0.2, -0.15) is 0 Å². The molecule has 0 fully saturated rings. The topological polar surface area (TPSA) is 111 Å². The number of rotatable bonds is 15. The Labute approximate surface area is 212 Å². The molecule has 36 heavy (non-hydrogen) atoms. The molecule has 0 spiro atoms. The van der Waals surface area contributed by atoms with Crippen LogP contribution in [0.1, 0.15) is 11.1 Å². The Kier molecular flexibility index (Phi) is 10.5. The molecule has 0 saturated carbocycles. The van der Waals surface area contributed by atoms with Crippen LogP contribution in [0.4, 0.5) is 17.1 Å². The van der Waals surface area contributed by atoms with Crippen molar-refractivity contribution in [2.24, 2.45) is 0 Å². The quantitative estimate of drug-likeness (QED) is 0.180. The molecular weight excluding hydrogens is 462 g/mol. The minimum Gasteiger partial charge on any atom is -0.489 e. The molecule has 3 aromatic rings. The van der Waals surface area contributed by atoms with E-state index in [1.807, 2.05) is 74.5 Å². The van der Waals surface area contributed by atoms with Crippen molar-refractivity contribution in [2.45, 2.75) is 13.8 Å². The largest absolute Gasteiger partial charge is 0.489 e. The van der Waals surface area contributed by atoms with Gasteiger partial charge in [0.15, 0.2) is 0 Å². The molecule has 0 aliphatic heterocycles. The molecule has 9 nitrogen and oxygen atoms in total.